The molecule has 1 unspecified atom stereocenters. The number of amides is 1. The van der Waals surface area contributed by atoms with Crippen LogP contribution in [-0.4, -0.2) is 28.0 Å². The molecule has 2 aromatic heterocycles. The van der Waals surface area contributed by atoms with Gasteiger partial charge in [0.1, 0.15) is 11.6 Å². The smallest absolute Gasteiger partial charge is 0.255 e. The SMILES string of the molecule is COc1ccc(C(NC(=O)Cc2c(C)nc(-c3cccnc3)[nH]c2=O)C(C)C)cc1. The molecule has 0 aliphatic carbocycles. The van der Waals surface area contributed by atoms with E-state index in [1.165, 1.54) is 0 Å². The average molecular weight is 406 g/mol. The second-order valence-electron chi connectivity index (χ2n) is 7.46. The summed E-state index contributed by atoms with van der Waals surface area (Å²) < 4.78 is 5.20. The van der Waals surface area contributed by atoms with Gasteiger partial charge in [0.15, 0.2) is 0 Å². The highest BCUT2D eigenvalue weighted by Gasteiger charge is 2.20. The maximum Gasteiger partial charge on any atom is 0.255 e. The Hall–Kier alpha value is -3.48. The number of aromatic nitrogens is 3. The molecule has 0 bridgehead atoms. The molecule has 7 nitrogen and oxygen atoms in total. The van der Waals surface area contributed by atoms with Crippen LogP contribution in [0.3, 0.4) is 0 Å². The zero-order valence-electron chi connectivity index (χ0n) is 17.6. The quantitative estimate of drug-likeness (QED) is 0.628. The monoisotopic (exact) mass is 406 g/mol. The molecule has 30 heavy (non-hydrogen) atoms. The van der Waals surface area contributed by atoms with Crippen LogP contribution in [0.4, 0.5) is 0 Å². The van der Waals surface area contributed by atoms with Gasteiger partial charge in [-0.1, -0.05) is 26.0 Å². The second-order valence-corrected chi connectivity index (χ2v) is 7.46. The van der Waals surface area contributed by atoms with E-state index in [2.05, 4.69) is 20.3 Å². The summed E-state index contributed by atoms with van der Waals surface area (Å²) in [5, 5.41) is 3.05. The number of H-pyrrole nitrogens is 1. The molecule has 7 heteroatoms. The van der Waals surface area contributed by atoms with Crippen LogP contribution < -0.4 is 15.6 Å². The first-order chi connectivity index (χ1) is 14.4. The van der Waals surface area contributed by atoms with Crippen molar-refractivity contribution in [3.05, 3.63) is 76.0 Å². The third-order valence-electron chi connectivity index (χ3n) is 4.95. The van der Waals surface area contributed by atoms with Gasteiger partial charge in [-0.15, -0.1) is 0 Å². The highest BCUT2D eigenvalue weighted by molar-refractivity contribution is 5.79. The number of hydrogen-bond donors (Lipinski definition) is 2. The van der Waals surface area contributed by atoms with Gasteiger partial charge >= 0.3 is 0 Å². The Kier molecular flexibility index (Phi) is 6.61. The van der Waals surface area contributed by atoms with E-state index in [0.29, 0.717) is 22.6 Å². The standard InChI is InChI=1S/C23H26N4O3/c1-14(2)21(16-7-9-18(30-4)10-8-16)26-20(28)12-19-15(3)25-22(27-23(19)29)17-6-5-11-24-13-17/h5-11,13-14,21H,12H2,1-4H3,(H,26,28)(H,25,27,29). The van der Waals surface area contributed by atoms with Crippen LogP contribution in [0.1, 0.15) is 36.7 Å². The third-order valence-corrected chi connectivity index (χ3v) is 4.95. The van der Waals surface area contributed by atoms with Crippen LogP contribution in [0.5, 0.6) is 5.75 Å². The highest BCUT2D eigenvalue weighted by Crippen LogP contribution is 2.24. The summed E-state index contributed by atoms with van der Waals surface area (Å²) in [5.74, 6) is 1.14. The van der Waals surface area contributed by atoms with E-state index in [1.807, 2.05) is 44.2 Å². The Balaban J connectivity index is 1.78. The van der Waals surface area contributed by atoms with Crippen molar-refractivity contribution in [2.45, 2.75) is 33.2 Å². The van der Waals surface area contributed by atoms with E-state index in [0.717, 1.165) is 11.3 Å². The molecule has 0 saturated heterocycles. The fourth-order valence-corrected chi connectivity index (χ4v) is 3.29. The van der Waals surface area contributed by atoms with Gasteiger partial charge in [-0.2, -0.15) is 0 Å². The van der Waals surface area contributed by atoms with Crippen molar-refractivity contribution in [3.63, 3.8) is 0 Å². The molecule has 156 valence electrons. The summed E-state index contributed by atoms with van der Waals surface area (Å²) in [6, 6.07) is 11.0. The number of nitrogens with one attached hydrogen (secondary N) is 2. The maximum absolute atomic E-state index is 12.8. The number of methoxy groups -OCH3 is 1. The molecule has 0 spiro atoms. The van der Waals surface area contributed by atoms with Crippen molar-refractivity contribution in [2.75, 3.05) is 7.11 Å². The van der Waals surface area contributed by atoms with Gasteiger partial charge in [0.25, 0.3) is 5.56 Å². The van der Waals surface area contributed by atoms with Crippen LogP contribution in [0.15, 0.2) is 53.6 Å². The Morgan fingerprint density at radius 2 is 1.93 bits per heavy atom. The number of hydrogen-bond acceptors (Lipinski definition) is 5. The summed E-state index contributed by atoms with van der Waals surface area (Å²) in [6.07, 6.45) is 3.24. The number of pyridine rings is 1. The minimum atomic E-state index is -0.318. The van der Waals surface area contributed by atoms with E-state index in [9.17, 15) is 9.59 Å². The van der Waals surface area contributed by atoms with Crippen molar-refractivity contribution in [1.82, 2.24) is 20.3 Å². The van der Waals surface area contributed by atoms with Gasteiger partial charge in [0, 0.05) is 29.2 Å². The summed E-state index contributed by atoms with van der Waals surface area (Å²) in [6.45, 7) is 5.82. The lowest BCUT2D eigenvalue weighted by Gasteiger charge is -2.23. The minimum absolute atomic E-state index is 0.0408. The molecule has 0 aliphatic rings. The van der Waals surface area contributed by atoms with Gasteiger partial charge in [0.2, 0.25) is 5.91 Å². The number of carbonyl (C=O) groups excluding carboxylic acids is 1. The molecule has 0 aliphatic heterocycles. The maximum atomic E-state index is 12.8. The molecular weight excluding hydrogens is 380 g/mol. The van der Waals surface area contributed by atoms with E-state index < -0.39 is 0 Å². The fourth-order valence-electron chi connectivity index (χ4n) is 3.29. The normalized spacial score (nSPS) is 11.9. The molecule has 2 N–H and O–H groups in total. The van der Waals surface area contributed by atoms with E-state index in [-0.39, 0.29) is 29.8 Å². The topological polar surface area (TPSA) is 97.0 Å². The van der Waals surface area contributed by atoms with Crippen LogP contribution in [0, 0.1) is 12.8 Å². The molecule has 0 radical (unpaired) electrons. The number of nitrogens with zero attached hydrogens (tertiary/aromatic N) is 2. The Morgan fingerprint density at radius 3 is 2.50 bits per heavy atom. The number of benzene rings is 1. The Morgan fingerprint density at radius 1 is 1.20 bits per heavy atom. The molecule has 0 fully saturated rings. The van der Waals surface area contributed by atoms with Crippen molar-refractivity contribution in [1.29, 1.82) is 0 Å². The van der Waals surface area contributed by atoms with Gasteiger partial charge in [-0.25, -0.2) is 4.98 Å². The number of ether oxygens (including phenoxy) is 1. The van der Waals surface area contributed by atoms with E-state index in [1.54, 1.807) is 32.5 Å². The van der Waals surface area contributed by atoms with Gasteiger partial charge in [-0.05, 0) is 42.7 Å². The summed E-state index contributed by atoms with van der Waals surface area (Å²) >= 11 is 0. The van der Waals surface area contributed by atoms with Crippen LogP contribution in [0.25, 0.3) is 11.4 Å². The van der Waals surface area contributed by atoms with Crippen molar-refractivity contribution >= 4 is 5.91 Å². The predicted octanol–water partition coefficient (Wildman–Crippen LogP) is 3.20. The zero-order chi connectivity index (χ0) is 21.7. The lowest BCUT2D eigenvalue weighted by Crippen LogP contribution is -2.34. The lowest BCUT2D eigenvalue weighted by molar-refractivity contribution is -0.121. The molecule has 2 heterocycles. The first kappa shape index (κ1) is 21.2. The summed E-state index contributed by atoms with van der Waals surface area (Å²) in [7, 11) is 1.62. The predicted molar refractivity (Wildman–Crippen MR) is 115 cm³/mol. The molecule has 1 amide bonds. The van der Waals surface area contributed by atoms with E-state index in [4.69, 9.17) is 4.74 Å². The number of aryl methyl sites for hydroxylation is 1. The molecule has 3 aromatic rings. The number of carbonyl (C=O) groups is 1. The molecule has 3 rings (SSSR count). The van der Waals surface area contributed by atoms with Crippen molar-refractivity contribution in [2.24, 2.45) is 5.92 Å². The Labute approximate surface area is 175 Å². The third kappa shape index (κ3) is 4.92. The number of rotatable bonds is 7. The number of aromatic amines is 1. The lowest BCUT2D eigenvalue weighted by atomic mass is 9.95. The molecular formula is C23H26N4O3. The fraction of sp³-hybridized carbons (Fsp3) is 0.304. The van der Waals surface area contributed by atoms with Crippen molar-refractivity contribution in [3.8, 4) is 17.1 Å². The minimum Gasteiger partial charge on any atom is -0.497 e. The molecule has 1 atom stereocenters. The van der Waals surface area contributed by atoms with Crippen LogP contribution in [-0.2, 0) is 11.2 Å². The average Bonchev–Trinajstić information content (AvgIpc) is 2.75. The Bertz CT molecular complexity index is 1060. The van der Waals surface area contributed by atoms with Gasteiger partial charge < -0.3 is 15.0 Å². The van der Waals surface area contributed by atoms with Crippen LogP contribution in [0.2, 0.25) is 0 Å². The zero-order valence-corrected chi connectivity index (χ0v) is 17.6. The van der Waals surface area contributed by atoms with Crippen LogP contribution >= 0.6 is 0 Å². The molecule has 1 aromatic carbocycles. The van der Waals surface area contributed by atoms with Gasteiger partial charge in [0.05, 0.1) is 19.6 Å². The summed E-state index contributed by atoms with van der Waals surface area (Å²) in [5.41, 5.74) is 2.26. The second kappa shape index (κ2) is 9.35. The van der Waals surface area contributed by atoms with Gasteiger partial charge in [-0.3, -0.25) is 14.6 Å². The van der Waals surface area contributed by atoms with Crippen molar-refractivity contribution < 1.29 is 9.53 Å². The highest BCUT2D eigenvalue weighted by atomic mass is 16.5. The first-order valence-electron chi connectivity index (χ1n) is 9.82. The van der Waals surface area contributed by atoms with E-state index >= 15 is 0 Å². The molecule has 0 saturated carbocycles. The summed E-state index contributed by atoms with van der Waals surface area (Å²) in [4.78, 5) is 36.6. The first-order valence-corrected chi connectivity index (χ1v) is 9.82. The largest absolute Gasteiger partial charge is 0.497 e.